The van der Waals surface area contributed by atoms with E-state index in [0.717, 1.165) is 58.7 Å². The van der Waals surface area contributed by atoms with Crippen molar-refractivity contribution >= 4 is 34.3 Å². The summed E-state index contributed by atoms with van der Waals surface area (Å²) in [7, 11) is 1.96. The Kier molecular flexibility index (Phi) is 8.24. The number of Topliss-reactive ketones (excluding diaryl/α,β-unsaturated/α-hetero) is 1. The fourth-order valence-corrected chi connectivity index (χ4v) is 7.56. The number of pyridine rings is 1. The number of hydrogen-bond acceptors (Lipinski definition) is 9. The number of halogens is 1. The Labute approximate surface area is 268 Å². The number of benzene rings is 1. The van der Waals surface area contributed by atoms with E-state index in [1.807, 2.05) is 46.2 Å². The number of aromatic nitrogens is 4. The smallest absolute Gasteiger partial charge is 0.237 e. The van der Waals surface area contributed by atoms with Crippen molar-refractivity contribution in [2.45, 2.75) is 92.0 Å². The standard InChI is InChI=1S/C34H43FN6O3S/c1-17-15-41(16-18(2)36-17)33-38-32(45-39-33)26-14-24-28(23-13-25(35)30-22(19(23)3)11-10-12-43-30)27(20(4)37-31(24)40(26)9)29(21(5)42)44-34(6,7)8/h13-14,17-18,29,36H,10-12,15-16H2,1-9H3/t17-,18+,29-/m1/s1. The van der Waals surface area contributed by atoms with Crippen LogP contribution in [-0.2, 0) is 23.0 Å². The SMILES string of the molecule is CC(=O)[C@@H](OC(C)(C)C)c1c(C)nc2c(cc(-c3nc(N4C[C@@H](C)N[C@@H](C)C4)ns3)n2C)c1-c1cc(F)c2c(c1C)CCCO2. The van der Waals surface area contributed by atoms with Crippen molar-refractivity contribution in [1.82, 2.24) is 24.2 Å². The maximum absolute atomic E-state index is 15.8. The number of anilines is 1. The van der Waals surface area contributed by atoms with Crippen LogP contribution in [0.2, 0.25) is 0 Å². The number of carbonyl (C=O) groups excluding carboxylic acids is 1. The van der Waals surface area contributed by atoms with E-state index in [1.165, 1.54) is 18.5 Å². The molecule has 6 rings (SSSR count). The van der Waals surface area contributed by atoms with Gasteiger partial charge in [0, 0.05) is 60.0 Å². The van der Waals surface area contributed by atoms with Gasteiger partial charge in [0.1, 0.15) is 11.8 Å². The average molecular weight is 635 g/mol. The number of ketones is 1. The number of hydrogen-bond donors (Lipinski definition) is 1. The zero-order valence-corrected chi connectivity index (χ0v) is 28.5. The second kappa shape index (κ2) is 11.7. The number of nitrogens with one attached hydrogen (secondary N) is 1. The van der Waals surface area contributed by atoms with Crippen LogP contribution in [0.25, 0.3) is 32.9 Å². The van der Waals surface area contributed by atoms with Gasteiger partial charge in [0.2, 0.25) is 5.95 Å². The monoisotopic (exact) mass is 634 g/mol. The summed E-state index contributed by atoms with van der Waals surface area (Å²) in [5.41, 5.74) is 5.54. The quantitative estimate of drug-likeness (QED) is 0.258. The van der Waals surface area contributed by atoms with Crippen LogP contribution in [0.15, 0.2) is 12.1 Å². The van der Waals surface area contributed by atoms with Gasteiger partial charge in [-0.25, -0.2) is 9.37 Å². The van der Waals surface area contributed by atoms with Gasteiger partial charge in [0.15, 0.2) is 22.4 Å². The molecular formula is C34H43FN6O3S. The summed E-state index contributed by atoms with van der Waals surface area (Å²) >= 11 is 1.35. The molecule has 240 valence electrons. The molecule has 0 aliphatic carbocycles. The van der Waals surface area contributed by atoms with Crippen molar-refractivity contribution in [2.75, 3.05) is 24.6 Å². The van der Waals surface area contributed by atoms with Gasteiger partial charge in [-0.2, -0.15) is 9.36 Å². The fraction of sp³-hybridized carbons (Fsp3) is 0.529. The fourth-order valence-electron chi connectivity index (χ4n) is 6.83. The lowest BCUT2D eigenvalue weighted by atomic mass is 9.86. The number of aryl methyl sites for hydroxylation is 2. The molecule has 2 aliphatic heterocycles. The van der Waals surface area contributed by atoms with E-state index in [0.29, 0.717) is 52.9 Å². The summed E-state index contributed by atoms with van der Waals surface area (Å²) in [4.78, 5) is 25.5. The van der Waals surface area contributed by atoms with E-state index in [2.05, 4.69) is 30.1 Å². The summed E-state index contributed by atoms with van der Waals surface area (Å²) in [5.74, 6) is 0.499. The van der Waals surface area contributed by atoms with E-state index < -0.39 is 17.5 Å². The number of ether oxygens (including phenoxy) is 2. The minimum absolute atomic E-state index is 0.140. The van der Waals surface area contributed by atoms with Crippen LogP contribution >= 0.6 is 11.5 Å². The Hall–Kier alpha value is -3.41. The van der Waals surface area contributed by atoms with Crippen molar-refractivity contribution in [3.63, 3.8) is 0 Å². The highest BCUT2D eigenvalue weighted by atomic mass is 32.1. The maximum Gasteiger partial charge on any atom is 0.237 e. The number of carbonyl (C=O) groups is 1. The lowest BCUT2D eigenvalue weighted by molar-refractivity contribution is -0.138. The van der Waals surface area contributed by atoms with Crippen molar-refractivity contribution in [3.05, 3.63) is 40.3 Å². The molecule has 1 aromatic carbocycles. The molecule has 3 aromatic heterocycles. The summed E-state index contributed by atoms with van der Waals surface area (Å²) in [6, 6.07) is 4.27. The van der Waals surface area contributed by atoms with E-state index in [-0.39, 0.29) is 5.78 Å². The van der Waals surface area contributed by atoms with E-state index in [1.54, 1.807) is 6.07 Å². The highest BCUT2D eigenvalue weighted by Crippen LogP contribution is 2.46. The zero-order chi connectivity index (χ0) is 32.4. The molecule has 0 saturated carbocycles. The van der Waals surface area contributed by atoms with Crippen LogP contribution in [0.3, 0.4) is 0 Å². The summed E-state index contributed by atoms with van der Waals surface area (Å²) in [6.45, 7) is 17.7. The Balaban J connectivity index is 1.59. The summed E-state index contributed by atoms with van der Waals surface area (Å²) in [5, 5.41) is 5.13. The Bertz CT molecular complexity index is 1780. The lowest BCUT2D eigenvalue weighted by Crippen LogP contribution is -2.54. The van der Waals surface area contributed by atoms with E-state index >= 15 is 4.39 Å². The van der Waals surface area contributed by atoms with Gasteiger partial charge in [-0.05, 0) is 103 Å². The molecular weight excluding hydrogens is 591 g/mol. The zero-order valence-electron chi connectivity index (χ0n) is 27.7. The second-order valence-corrected chi connectivity index (χ2v) is 14.3. The topological polar surface area (TPSA) is 94.4 Å². The third-order valence-corrected chi connectivity index (χ3v) is 9.41. The molecule has 0 amide bonds. The van der Waals surface area contributed by atoms with Crippen LogP contribution in [0, 0.1) is 19.7 Å². The van der Waals surface area contributed by atoms with Gasteiger partial charge < -0.3 is 24.3 Å². The van der Waals surface area contributed by atoms with Gasteiger partial charge in [-0.15, -0.1) is 0 Å². The van der Waals surface area contributed by atoms with Gasteiger partial charge in [-0.1, -0.05) is 0 Å². The number of nitrogens with zero attached hydrogens (tertiary/aromatic N) is 5. The molecule has 5 heterocycles. The van der Waals surface area contributed by atoms with Gasteiger partial charge in [0.05, 0.1) is 17.9 Å². The van der Waals surface area contributed by atoms with Crippen molar-refractivity contribution < 1.29 is 18.7 Å². The van der Waals surface area contributed by atoms with Crippen LogP contribution < -0.4 is 15.0 Å². The molecule has 45 heavy (non-hydrogen) atoms. The molecule has 4 aromatic rings. The predicted octanol–water partition coefficient (Wildman–Crippen LogP) is 6.47. The molecule has 0 radical (unpaired) electrons. The lowest BCUT2D eigenvalue weighted by Gasteiger charge is -2.35. The summed E-state index contributed by atoms with van der Waals surface area (Å²) < 4.78 is 34.7. The van der Waals surface area contributed by atoms with Gasteiger partial charge >= 0.3 is 0 Å². The minimum Gasteiger partial charge on any atom is -0.490 e. The first kappa shape index (κ1) is 31.6. The molecule has 2 aliphatic rings. The van der Waals surface area contributed by atoms with Crippen molar-refractivity contribution in [1.29, 1.82) is 0 Å². The van der Waals surface area contributed by atoms with E-state index in [9.17, 15) is 4.79 Å². The molecule has 11 heteroatoms. The molecule has 1 fully saturated rings. The van der Waals surface area contributed by atoms with Crippen molar-refractivity contribution in [2.24, 2.45) is 7.05 Å². The first-order chi connectivity index (χ1) is 21.2. The molecule has 9 nitrogen and oxygen atoms in total. The van der Waals surface area contributed by atoms with E-state index in [4.69, 9.17) is 23.8 Å². The second-order valence-electron chi connectivity index (χ2n) is 13.6. The molecule has 0 spiro atoms. The average Bonchev–Trinajstić information content (AvgIpc) is 3.57. The molecule has 3 atom stereocenters. The van der Waals surface area contributed by atoms with Gasteiger partial charge in [0.25, 0.3) is 0 Å². The minimum atomic E-state index is -0.889. The molecule has 0 unspecified atom stereocenters. The third kappa shape index (κ3) is 5.86. The largest absolute Gasteiger partial charge is 0.490 e. The third-order valence-electron chi connectivity index (χ3n) is 8.69. The van der Waals surface area contributed by atoms with Crippen LogP contribution in [0.4, 0.5) is 10.3 Å². The van der Waals surface area contributed by atoms with Gasteiger partial charge in [-0.3, -0.25) is 4.79 Å². The molecule has 0 bridgehead atoms. The normalized spacial score (nSPS) is 19.5. The highest BCUT2D eigenvalue weighted by Gasteiger charge is 2.33. The number of piperazine rings is 1. The first-order valence-corrected chi connectivity index (χ1v) is 16.5. The number of rotatable bonds is 6. The number of fused-ring (bicyclic) bond motifs is 2. The van der Waals surface area contributed by atoms with Crippen LogP contribution in [0.1, 0.15) is 76.5 Å². The molecule has 1 saturated heterocycles. The molecule has 1 N–H and O–H groups in total. The first-order valence-electron chi connectivity index (χ1n) is 15.7. The highest BCUT2D eigenvalue weighted by molar-refractivity contribution is 7.09. The Morgan fingerprint density at radius 2 is 1.89 bits per heavy atom. The Morgan fingerprint density at radius 1 is 1.18 bits per heavy atom. The van der Waals surface area contributed by atoms with Crippen molar-refractivity contribution in [3.8, 4) is 27.6 Å². The predicted molar refractivity (Wildman–Crippen MR) is 177 cm³/mol. The van der Waals surface area contributed by atoms with Crippen LogP contribution in [0.5, 0.6) is 5.75 Å². The summed E-state index contributed by atoms with van der Waals surface area (Å²) in [6.07, 6.45) is 0.650. The van der Waals surface area contributed by atoms with Crippen LogP contribution in [-0.4, -0.2) is 62.1 Å². The maximum atomic E-state index is 15.8. The Morgan fingerprint density at radius 3 is 2.56 bits per heavy atom.